The molecule has 0 saturated heterocycles. The van der Waals surface area contributed by atoms with Gasteiger partial charge in [0, 0.05) is 51.7 Å². The molecule has 2 aromatic carbocycles. The van der Waals surface area contributed by atoms with Crippen molar-refractivity contribution in [3.05, 3.63) is 115 Å². The summed E-state index contributed by atoms with van der Waals surface area (Å²) in [6.07, 6.45) is 0.911. The minimum absolute atomic E-state index is 0.00553. The van der Waals surface area contributed by atoms with E-state index >= 15 is 0 Å². The van der Waals surface area contributed by atoms with Gasteiger partial charge in [0.1, 0.15) is 19.0 Å². The number of para-hydroxylation sites is 1. The monoisotopic (exact) mass is 544 g/mol. The first kappa shape index (κ1) is 26.4. The highest BCUT2D eigenvalue weighted by molar-refractivity contribution is 7.10. The van der Waals surface area contributed by atoms with Crippen molar-refractivity contribution in [2.45, 2.75) is 38.5 Å². The molecule has 0 spiro atoms. The summed E-state index contributed by atoms with van der Waals surface area (Å²) in [4.78, 5) is 39.6. The normalized spacial score (nSPS) is 18.9. The van der Waals surface area contributed by atoms with Crippen LogP contribution in [0.5, 0.6) is 5.75 Å². The van der Waals surface area contributed by atoms with Crippen LogP contribution < -0.4 is 10.1 Å². The number of Topliss-reactive ketones (excluding diaryl/α,β-unsaturated/α-hetero) is 1. The number of dihydropyridines is 1. The average Bonchev–Trinajstić information content (AvgIpc) is 3.46. The van der Waals surface area contributed by atoms with E-state index in [0.717, 1.165) is 10.6 Å². The Morgan fingerprint density at radius 1 is 1.08 bits per heavy atom. The zero-order valence-corrected chi connectivity index (χ0v) is 22.5. The molecule has 1 aliphatic heterocycles. The van der Waals surface area contributed by atoms with Crippen LogP contribution in [0.25, 0.3) is 0 Å². The van der Waals surface area contributed by atoms with Gasteiger partial charge in [-0.3, -0.25) is 14.9 Å². The number of rotatable bonds is 8. The summed E-state index contributed by atoms with van der Waals surface area (Å²) in [7, 11) is 0. The van der Waals surface area contributed by atoms with Crippen LogP contribution in [0, 0.1) is 17.0 Å². The van der Waals surface area contributed by atoms with Crippen LogP contribution >= 0.6 is 11.3 Å². The van der Waals surface area contributed by atoms with Crippen molar-refractivity contribution in [1.82, 2.24) is 5.32 Å². The Labute approximate surface area is 230 Å². The number of carbonyl (C=O) groups is 2. The first-order chi connectivity index (χ1) is 18.8. The van der Waals surface area contributed by atoms with Gasteiger partial charge in [-0.05, 0) is 49.4 Å². The maximum Gasteiger partial charge on any atom is 0.336 e. The number of esters is 1. The lowest BCUT2D eigenvalue weighted by molar-refractivity contribution is -0.385. The zero-order valence-electron chi connectivity index (χ0n) is 21.6. The van der Waals surface area contributed by atoms with Crippen LogP contribution in [0.4, 0.5) is 5.69 Å². The van der Waals surface area contributed by atoms with Crippen molar-refractivity contribution in [3.63, 3.8) is 0 Å². The number of nitrogens with zero attached hydrogens (tertiary/aromatic N) is 1. The fraction of sp³-hybridized carbons (Fsp3) is 0.267. The molecule has 1 aliphatic carbocycles. The highest BCUT2D eigenvalue weighted by Gasteiger charge is 2.42. The molecule has 0 saturated carbocycles. The molecule has 2 aliphatic rings. The second-order valence-corrected chi connectivity index (χ2v) is 10.6. The summed E-state index contributed by atoms with van der Waals surface area (Å²) in [5.74, 6) is -0.755. The van der Waals surface area contributed by atoms with Gasteiger partial charge in [-0.25, -0.2) is 4.79 Å². The van der Waals surface area contributed by atoms with E-state index in [1.54, 1.807) is 37.3 Å². The number of nitrogens with one attached hydrogen (secondary N) is 1. The van der Waals surface area contributed by atoms with Crippen molar-refractivity contribution in [1.29, 1.82) is 0 Å². The Bertz CT molecular complexity index is 1480. The first-order valence-corrected chi connectivity index (χ1v) is 13.6. The molecule has 2 atom stereocenters. The van der Waals surface area contributed by atoms with E-state index in [9.17, 15) is 19.7 Å². The molecule has 0 amide bonds. The second kappa shape index (κ2) is 11.2. The summed E-state index contributed by atoms with van der Waals surface area (Å²) < 4.78 is 11.2. The maximum absolute atomic E-state index is 13.7. The first-order valence-electron chi connectivity index (χ1n) is 12.7. The summed E-state index contributed by atoms with van der Waals surface area (Å²) in [6.45, 7) is 3.60. The number of thiophene rings is 1. The maximum atomic E-state index is 13.7. The van der Waals surface area contributed by atoms with E-state index in [2.05, 4.69) is 5.32 Å². The molecule has 2 heterocycles. The number of benzene rings is 2. The van der Waals surface area contributed by atoms with E-state index in [4.69, 9.17) is 9.47 Å². The van der Waals surface area contributed by atoms with Gasteiger partial charge in [-0.2, -0.15) is 0 Å². The third kappa shape index (κ3) is 5.49. The fourth-order valence-electron chi connectivity index (χ4n) is 5.26. The van der Waals surface area contributed by atoms with E-state index in [-0.39, 0.29) is 36.2 Å². The highest BCUT2D eigenvalue weighted by atomic mass is 32.1. The number of hydrogen-bond acceptors (Lipinski definition) is 8. The Morgan fingerprint density at radius 2 is 1.87 bits per heavy atom. The molecule has 0 unspecified atom stereocenters. The molecule has 1 aromatic heterocycles. The standard InChI is InChI=1S/C30H28N2O6S/c1-18-10-11-20(16-24(18)32(35)36)28-27(30(34)38-13-12-37-22-7-4-3-5-8-22)19(2)31-23-15-21(17-25(33)29(23)28)26-9-6-14-39-26/h3-11,14,16,21,28,31H,12-13,15,17H2,1-2H3/t21-,28+/m1/s1. The molecule has 8 nitrogen and oxygen atoms in total. The lowest BCUT2D eigenvalue weighted by Gasteiger charge is -2.36. The SMILES string of the molecule is CC1=C(C(=O)OCCOc2ccccc2)[C@H](c2ccc(C)c([N+](=O)[O-])c2)C2=C(C[C@@H](c3cccs3)CC2=O)N1. The molecule has 0 radical (unpaired) electrons. The van der Waals surface area contributed by atoms with Gasteiger partial charge in [0.15, 0.2) is 5.78 Å². The Kier molecular flexibility index (Phi) is 7.60. The second-order valence-electron chi connectivity index (χ2n) is 9.63. The minimum Gasteiger partial charge on any atom is -0.490 e. The largest absolute Gasteiger partial charge is 0.490 e. The van der Waals surface area contributed by atoms with Crippen LogP contribution in [0.3, 0.4) is 0 Å². The average molecular weight is 545 g/mol. The van der Waals surface area contributed by atoms with Crippen LogP contribution in [0.2, 0.25) is 0 Å². The van der Waals surface area contributed by atoms with Gasteiger partial charge >= 0.3 is 5.97 Å². The van der Waals surface area contributed by atoms with Gasteiger partial charge in [-0.15, -0.1) is 11.3 Å². The molecular formula is C30H28N2O6S. The summed E-state index contributed by atoms with van der Waals surface area (Å²) in [5, 5.41) is 17.1. The molecule has 1 N–H and O–H groups in total. The summed E-state index contributed by atoms with van der Waals surface area (Å²) in [5.41, 5.74) is 3.01. The van der Waals surface area contributed by atoms with E-state index in [0.29, 0.717) is 41.0 Å². The smallest absolute Gasteiger partial charge is 0.336 e. The quantitative estimate of drug-likeness (QED) is 0.162. The van der Waals surface area contributed by atoms with Crippen molar-refractivity contribution >= 4 is 28.8 Å². The van der Waals surface area contributed by atoms with Gasteiger partial charge in [0.25, 0.3) is 5.69 Å². The molecule has 39 heavy (non-hydrogen) atoms. The third-order valence-electron chi connectivity index (χ3n) is 7.08. The van der Waals surface area contributed by atoms with Gasteiger partial charge in [-0.1, -0.05) is 36.4 Å². The van der Waals surface area contributed by atoms with Crippen LogP contribution in [0.1, 0.15) is 47.6 Å². The molecule has 3 aromatic rings. The van der Waals surface area contributed by atoms with Crippen LogP contribution in [-0.4, -0.2) is 29.9 Å². The van der Waals surface area contributed by atoms with Gasteiger partial charge in [0.05, 0.1) is 10.5 Å². The number of aryl methyl sites for hydroxylation is 1. The number of ether oxygens (including phenoxy) is 2. The summed E-state index contributed by atoms with van der Waals surface area (Å²) >= 11 is 1.62. The molecule has 0 fully saturated rings. The number of carbonyl (C=O) groups excluding carboxylic acids is 2. The van der Waals surface area contributed by atoms with Crippen LogP contribution in [-0.2, 0) is 14.3 Å². The Morgan fingerprint density at radius 3 is 2.59 bits per heavy atom. The lowest BCUT2D eigenvalue weighted by Crippen LogP contribution is -2.36. The van der Waals surface area contributed by atoms with E-state index in [1.807, 2.05) is 47.8 Å². The molecule has 200 valence electrons. The Balaban J connectivity index is 1.47. The van der Waals surface area contributed by atoms with Gasteiger partial charge < -0.3 is 14.8 Å². The Hall–Kier alpha value is -4.24. The van der Waals surface area contributed by atoms with Gasteiger partial charge in [0.2, 0.25) is 0 Å². The lowest BCUT2D eigenvalue weighted by atomic mass is 9.72. The zero-order chi connectivity index (χ0) is 27.5. The van der Waals surface area contributed by atoms with Crippen molar-refractivity contribution in [2.75, 3.05) is 13.2 Å². The van der Waals surface area contributed by atoms with E-state index in [1.165, 1.54) is 6.07 Å². The van der Waals surface area contributed by atoms with E-state index < -0.39 is 16.8 Å². The number of allylic oxidation sites excluding steroid dienone is 3. The van der Waals surface area contributed by atoms with Crippen molar-refractivity contribution in [3.8, 4) is 5.75 Å². The predicted molar refractivity (Wildman–Crippen MR) is 148 cm³/mol. The number of nitro groups is 1. The highest BCUT2D eigenvalue weighted by Crippen LogP contribution is 2.46. The molecule has 5 rings (SSSR count). The number of ketones is 1. The van der Waals surface area contributed by atoms with Crippen LogP contribution in [0.15, 0.2) is 88.6 Å². The van der Waals surface area contributed by atoms with Crippen molar-refractivity contribution < 1.29 is 24.0 Å². The van der Waals surface area contributed by atoms with Crippen molar-refractivity contribution in [2.24, 2.45) is 0 Å². The minimum atomic E-state index is -0.778. The topological polar surface area (TPSA) is 108 Å². The molecule has 9 heteroatoms. The number of hydrogen-bond donors (Lipinski definition) is 1. The number of nitro benzene ring substituents is 1. The molecule has 0 bridgehead atoms. The fourth-order valence-corrected chi connectivity index (χ4v) is 6.09. The predicted octanol–water partition coefficient (Wildman–Crippen LogP) is 5.95. The molecular weight excluding hydrogens is 516 g/mol. The summed E-state index contributed by atoms with van der Waals surface area (Å²) in [6, 6.07) is 18.1. The third-order valence-corrected chi connectivity index (χ3v) is 8.12.